The van der Waals surface area contributed by atoms with E-state index in [1.54, 1.807) is 36.4 Å². The zero-order chi connectivity index (χ0) is 56.6. The molecule has 0 aliphatic carbocycles. The van der Waals surface area contributed by atoms with Crippen LogP contribution < -0.4 is 20.1 Å². The van der Waals surface area contributed by atoms with Gasteiger partial charge in [0.25, 0.3) is 31.0 Å². The molecule has 0 atom stereocenters. The van der Waals surface area contributed by atoms with E-state index in [1.807, 2.05) is 0 Å². The highest BCUT2D eigenvalue weighted by Gasteiger charge is 2.50. The van der Waals surface area contributed by atoms with Crippen molar-refractivity contribution in [2.24, 2.45) is 0 Å². The molecule has 0 aromatic heterocycles. The molecule has 0 saturated carbocycles. The number of nitrogens with one attached hydrogen (secondary N) is 2. The average Bonchev–Trinajstić information content (AvgIpc) is 3.44. The van der Waals surface area contributed by atoms with Crippen molar-refractivity contribution in [1.82, 2.24) is 0 Å². The maximum absolute atomic E-state index is 13.8. The van der Waals surface area contributed by atoms with Crippen molar-refractivity contribution in [1.29, 1.82) is 0 Å². The van der Waals surface area contributed by atoms with Gasteiger partial charge in [0.1, 0.15) is 44.2 Å². The molecule has 78 heavy (non-hydrogen) atoms. The van der Waals surface area contributed by atoms with Crippen LogP contribution in [0.4, 0.5) is 60.5 Å². The summed E-state index contributed by atoms with van der Waals surface area (Å²) >= 11 is 0. The molecule has 0 fully saturated rings. The maximum Gasteiger partial charge on any atom is 0.502 e. The molecule has 0 aliphatic heterocycles. The minimum Gasteiger partial charge on any atom is -0.456 e. The van der Waals surface area contributed by atoms with Crippen LogP contribution in [-0.4, -0.2) is 54.5 Å². The van der Waals surface area contributed by atoms with Crippen molar-refractivity contribution < 1.29 is 79.3 Å². The van der Waals surface area contributed by atoms with Crippen LogP contribution in [0.25, 0.3) is 11.1 Å². The Labute approximate surface area is 438 Å². The third-order valence-electron chi connectivity index (χ3n) is 11.2. The molecule has 0 aliphatic rings. The molecule has 18 nitrogen and oxygen atoms in total. The van der Waals surface area contributed by atoms with Gasteiger partial charge in [-0.15, -0.1) is 0 Å². The number of anilines is 4. The van der Waals surface area contributed by atoms with E-state index in [2.05, 4.69) is 10.6 Å². The predicted octanol–water partition coefficient (Wildman–Crippen LogP) is 12.5. The zero-order valence-corrected chi connectivity index (χ0v) is 42.1. The van der Waals surface area contributed by atoms with Gasteiger partial charge < -0.3 is 20.1 Å². The molecule has 8 aromatic rings. The highest BCUT2D eigenvalue weighted by atomic mass is 32.2. The van der Waals surface area contributed by atoms with Gasteiger partial charge in [0.15, 0.2) is 0 Å². The van der Waals surface area contributed by atoms with E-state index in [0.29, 0.717) is 23.3 Å². The Bertz CT molecular complexity index is 3820. The lowest BCUT2D eigenvalue weighted by Crippen LogP contribution is -2.24. The van der Waals surface area contributed by atoms with E-state index >= 15 is 0 Å². The first-order valence-corrected chi connectivity index (χ1v) is 27.7. The number of hydrogen-bond acceptors (Lipinski definition) is 16. The Hall–Kier alpha value is -8.86. The molecule has 0 unspecified atom stereocenters. The number of nitro benzene ring substituents is 2. The largest absolute Gasteiger partial charge is 0.502 e. The standard InChI is InChI=1S/C50H32F6N4O14S4/c51-49(52,53)77(69,70)47-29-43(59(61)62)41(57-33-7-3-1-4-8-33)27-45(47)73-35-15-23-39(24-16-35)75(65,66)37-19-11-31(12-20-37)32-13-21-38(22-14-32)76(67,68)40-25-17-36(18-26-40)74-46-28-42(58-34-9-5-2-6-10-34)44(60(63)64)30-48(46)78(71,72)50(54,55)56/h1-30,57-58H. The Morgan fingerprint density at radius 1 is 0.397 bits per heavy atom. The molecular weight excluding hydrogens is 1120 g/mol. The van der Waals surface area contributed by atoms with Crippen LogP contribution in [0, 0.1) is 20.2 Å². The molecular formula is C50H32F6N4O14S4. The van der Waals surface area contributed by atoms with Crippen LogP contribution in [0.1, 0.15) is 0 Å². The van der Waals surface area contributed by atoms with Crippen LogP contribution in [-0.2, 0) is 39.3 Å². The van der Waals surface area contributed by atoms with Gasteiger partial charge in [0.05, 0.1) is 29.4 Å². The summed E-state index contributed by atoms with van der Waals surface area (Å²) in [6, 6.07) is 35.8. The molecule has 8 aromatic carbocycles. The second-order valence-corrected chi connectivity index (χ2v) is 23.9. The summed E-state index contributed by atoms with van der Waals surface area (Å²) < 4.78 is 199. The second-order valence-electron chi connectivity index (χ2n) is 16.2. The summed E-state index contributed by atoms with van der Waals surface area (Å²) in [5, 5.41) is 29.1. The van der Waals surface area contributed by atoms with Crippen LogP contribution in [0.5, 0.6) is 23.0 Å². The first-order valence-electron chi connectivity index (χ1n) is 21.8. The number of halogens is 6. The summed E-state index contributed by atoms with van der Waals surface area (Å²) in [5.41, 5.74) is -13.4. The van der Waals surface area contributed by atoms with Crippen molar-refractivity contribution in [2.75, 3.05) is 10.6 Å². The van der Waals surface area contributed by atoms with Gasteiger partial charge in [0.2, 0.25) is 19.7 Å². The van der Waals surface area contributed by atoms with E-state index in [4.69, 9.17) is 9.47 Å². The Balaban J connectivity index is 0.991. The highest BCUT2D eigenvalue weighted by molar-refractivity contribution is 7.93. The number of rotatable bonds is 17. The lowest BCUT2D eigenvalue weighted by atomic mass is 10.1. The van der Waals surface area contributed by atoms with E-state index in [-0.39, 0.29) is 54.6 Å². The summed E-state index contributed by atoms with van der Waals surface area (Å²) in [6.07, 6.45) is 0. The molecule has 2 N–H and O–H groups in total. The van der Waals surface area contributed by atoms with Crippen molar-refractivity contribution in [3.05, 3.63) is 202 Å². The Kier molecular flexibility index (Phi) is 14.9. The van der Waals surface area contributed by atoms with E-state index in [1.165, 1.54) is 72.8 Å². The smallest absolute Gasteiger partial charge is 0.456 e. The summed E-state index contributed by atoms with van der Waals surface area (Å²) in [4.78, 5) is 17.3. The quantitative estimate of drug-likeness (QED) is 0.0487. The lowest BCUT2D eigenvalue weighted by molar-refractivity contribution is -0.384. The van der Waals surface area contributed by atoms with Crippen LogP contribution in [0.2, 0.25) is 0 Å². The number of ether oxygens (including phenoxy) is 2. The van der Waals surface area contributed by atoms with Crippen molar-refractivity contribution in [3.8, 4) is 34.1 Å². The fourth-order valence-electron chi connectivity index (χ4n) is 7.34. The lowest BCUT2D eigenvalue weighted by Gasteiger charge is -2.16. The topological polar surface area (TPSA) is 265 Å². The first kappa shape index (κ1) is 55.4. The third kappa shape index (κ3) is 11.3. The number of nitro groups is 2. The van der Waals surface area contributed by atoms with Crippen LogP contribution in [0.3, 0.4) is 0 Å². The van der Waals surface area contributed by atoms with Gasteiger partial charge in [-0.25, -0.2) is 33.7 Å². The van der Waals surface area contributed by atoms with Crippen LogP contribution >= 0.6 is 0 Å². The van der Waals surface area contributed by atoms with E-state index in [9.17, 15) is 80.2 Å². The molecule has 0 saturated heterocycles. The highest BCUT2D eigenvalue weighted by Crippen LogP contribution is 2.45. The Morgan fingerprint density at radius 2 is 0.679 bits per heavy atom. The SMILES string of the molecule is O=[N+]([O-])c1cc(S(=O)(=O)C(F)(F)F)c(Oc2ccc(S(=O)(=O)c3ccc(-c4ccc(S(=O)(=O)c5ccc(Oc6cc(Nc7ccccc7)c([N+](=O)[O-])cc6S(=O)(=O)C(F)(F)F)cc5)cc4)cc3)cc2)cc1Nc1ccccc1. The van der Waals surface area contributed by atoms with Gasteiger partial charge in [-0.3, -0.25) is 20.2 Å². The molecule has 0 amide bonds. The van der Waals surface area contributed by atoms with Crippen LogP contribution in [0.15, 0.2) is 211 Å². The van der Waals surface area contributed by atoms with Gasteiger partial charge in [-0.05, 0) is 108 Å². The first-order chi connectivity index (χ1) is 36.6. The third-order valence-corrected chi connectivity index (χ3v) is 17.8. The number of benzene rings is 8. The van der Waals surface area contributed by atoms with Gasteiger partial charge in [0, 0.05) is 35.6 Å². The number of nitrogens with zero attached hydrogens (tertiary/aromatic N) is 2. The van der Waals surface area contributed by atoms with Gasteiger partial charge in [-0.2, -0.15) is 26.3 Å². The molecule has 0 radical (unpaired) electrons. The number of alkyl halides is 6. The minimum atomic E-state index is -6.25. The Morgan fingerprint density at radius 3 is 0.949 bits per heavy atom. The van der Waals surface area contributed by atoms with Crippen molar-refractivity contribution in [3.63, 3.8) is 0 Å². The molecule has 0 spiro atoms. The summed E-state index contributed by atoms with van der Waals surface area (Å²) in [7, 11) is -21.1. The van der Waals surface area contributed by atoms with Crippen molar-refractivity contribution in [2.45, 2.75) is 40.4 Å². The molecule has 402 valence electrons. The normalized spacial score (nSPS) is 12.3. The monoisotopic (exact) mass is 1150 g/mol. The predicted molar refractivity (Wildman–Crippen MR) is 268 cm³/mol. The number of para-hydroxylation sites is 2. The summed E-state index contributed by atoms with van der Waals surface area (Å²) in [5.74, 6) is -2.66. The fraction of sp³-hybridized carbons (Fsp3) is 0.0400. The zero-order valence-electron chi connectivity index (χ0n) is 38.8. The second kappa shape index (κ2) is 20.9. The maximum atomic E-state index is 13.8. The van der Waals surface area contributed by atoms with Crippen molar-refractivity contribution >= 4 is 73.5 Å². The minimum absolute atomic E-state index is 0.197. The molecule has 28 heteroatoms. The molecule has 0 bridgehead atoms. The van der Waals surface area contributed by atoms with E-state index in [0.717, 1.165) is 48.5 Å². The van der Waals surface area contributed by atoms with Gasteiger partial charge in [-0.1, -0.05) is 60.7 Å². The molecule has 0 heterocycles. The fourth-order valence-corrected chi connectivity index (χ4v) is 11.6. The van der Waals surface area contributed by atoms with Gasteiger partial charge >= 0.3 is 11.0 Å². The van der Waals surface area contributed by atoms with E-state index < -0.39 is 104 Å². The molecule has 8 rings (SSSR count). The average molecular weight is 1160 g/mol. The number of sulfone groups is 4. The number of hydrogen-bond donors (Lipinski definition) is 2. The summed E-state index contributed by atoms with van der Waals surface area (Å²) in [6.45, 7) is 0.